The van der Waals surface area contributed by atoms with Gasteiger partial charge in [-0.15, -0.1) is 0 Å². The molecule has 0 amide bonds. The lowest BCUT2D eigenvalue weighted by Gasteiger charge is -2.14. The number of allylic oxidation sites excluding steroid dienone is 2. The Bertz CT molecular complexity index is 627. The van der Waals surface area contributed by atoms with E-state index >= 15 is 0 Å². The second-order valence-electron chi connectivity index (χ2n) is 4.72. The van der Waals surface area contributed by atoms with E-state index in [2.05, 4.69) is 0 Å². The van der Waals surface area contributed by atoms with E-state index in [-0.39, 0.29) is 17.5 Å². The third-order valence-electron chi connectivity index (χ3n) is 3.54. The molecule has 2 aromatic carbocycles. The summed E-state index contributed by atoms with van der Waals surface area (Å²) in [5, 5.41) is 10.1. The van der Waals surface area contributed by atoms with E-state index in [4.69, 9.17) is 0 Å². The van der Waals surface area contributed by atoms with Crippen LogP contribution in [0, 0.1) is 0 Å². The van der Waals surface area contributed by atoms with E-state index < -0.39 is 0 Å². The molecule has 0 bridgehead atoms. The molecule has 0 saturated heterocycles. The van der Waals surface area contributed by atoms with Crippen LogP contribution in [0.1, 0.15) is 23.5 Å². The van der Waals surface area contributed by atoms with Crippen LogP contribution in [0.5, 0.6) is 0 Å². The highest BCUT2D eigenvalue weighted by Gasteiger charge is 2.33. The maximum absolute atomic E-state index is 11.8. The molecule has 0 aromatic heterocycles. The number of rotatable bonds is 2. The smallest absolute Gasteiger partial charge is 0.198 e. The van der Waals surface area contributed by atoms with Gasteiger partial charge in [-0.05, 0) is 11.1 Å². The molecule has 94 valence electrons. The predicted octanol–water partition coefficient (Wildman–Crippen LogP) is 3.71. The first-order valence-electron chi connectivity index (χ1n) is 6.34. The minimum atomic E-state index is -0.173. The summed E-state index contributed by atoms with van der Waals surface area (Å²) >= 11 is 0. The van der Waals surface area contributed by atoms with Crippen molar-refractivity contribution in [2.75, 3.05) is 0 Å². The minimum Gasteiger partial charge on any atom is -0.504 e. The lowest BCUT2D eigenvalue weighted by Crippen LogP contribution is -1.99. The van der Waals surface area contributed by atoms with E-state index in [9.17, 15) is 9.90 Å². The lowest BCUT2D eigenvalue weighted by molar-refractivity contribution is -0.117. The van der Waals surface area contributed by atoms with E-state index in [1.807, 2.05) is 60.7 Å². The maximum Gasteiger partial charge on any atom is 0.198 e. The quantitative estimate of drug-likeness (QED) is 0.882. The van der Waals surface area contributed by atoms with Crippen LogP contribution in [0.2, 0.25) is 0 Å². The number of hydrogen-bond donors (Lipinski definition) is 1. The molecule has 0 fully saturated rings. The highest BCUT2D eigenvalue weighted by molar-refractivity contribution is 6.07. The fraction of sp³-hybridized carbons (Fsp3) is 0.118. The summed E-state index contributed by atoms with van der Waals surface area (Å²) < 4.78 is 0. The zero-order chi connectivity index (χ0) is 13.2. The summed E-state index contributed by atoms with van der Waals surface area (Å²) in [6, 6.07) is 19.5. The van der Waals surface area contributed by atoms with E-state index in [0.717, 1.165) is 16.7 Å². The molecule has 2 nitrogen and oxygen atoms in total. The first-order valence-corrected chi connectivity index (χ1v) is 6.34. The van der Waals surface area contributed by atoms with Crippen molar-refractivity contribution < 1.29 is 9.90 Å². The molecule has 3 rings (SSSR count). The maximum atomic E-state index is 11.8. The number of carbonyl (C=O) groups is 1. The summed E-state index contributed by atoms with van der Waals surface area (Å²) in [7, 11) is 0. The van der Waals surface area contributed by atoms with Crippen LogP contribution in [-0.2, 0) is 4.79 Å². The molecule has 2 aromatic rings. The van der Waals surface area contributed by atoms with Gasteiger partial charge in [-0.25, -0.2) is 0 Å². The van der Waals surface area contributed by atoms with Gasteiger partial charge in [0, 0.05) is 17.9 Å². The summed E-state index contributed by atoms with van der Waals surface area (Å²) in [6.45, 7) is 0. The minimum absolute atomic E-state index is 0.0453. The number of aliphatic hydroxyl groups is 1. The fourth-order valence-electron chi connectivity index (χ4n) is 2.62. The average Bonchev–Trinajstić information content (AvgIpc) is 2.77. The van der Waals surface area contributed by atoms with Crippen LogP contribution < -0.4 is 0 Å². The Hall–Kier alpha value is -2.35. The SMILES string of the molecule is O=C1C[C@H](c2ccccc2)C(c2ccccc2)=C1O. The molecule has 1 atom stereocenters. The van der Waals surface area contributed by atoms with Gasteiger partial charge in [-0.3, -0.25) is 4.79 Å². The van der Waals surface area contributed by atoms with Gasteiger partial charge in [0.2, 0.25) is 0 Å². The second kappa shape index (κ2) is 4.73. The molecule has 0 spiro atoms. The standard InChI is InChI=1S/C17H14O2/c18-15-11-14(12-7-3-1-4-8-12)16(17(15)19)13-9-5-2-6-10-13/h1-10,14,19H,11H2/t14-/m1/s1. The van der Waals surface area contributed by atoms with Crippen molar-refractivity contribution in [1.82, 2.24) is 0 Å². The predicted molar refractivity (Wildman–Crippen MR) is 74.8 cm³/mol. The van der Waals surface area contributed by atoms with Crippen LogP contribution in [-0.4, -0.2) is 10.9 Å². The Balaban J connectivity index is 2.10. The van der Waals surface area contributed by atoms with Crippen molar-refractivity contribution in [3.05, 3.63) is 77.5 Å². The Labute approximate surface area is 112 Å². The van der Waals surface area contributed by atoms with Gasteiger partial charge in [0.1, 0.15) is 0 Å². The van der Waals surface area contributed by atoms with Gasteiger partial charge < -0.3 is 5.11 Å². The third kappa shape index (κ3) is 2.06. The van der Waals surface area contributed by atoms with Crippen molar-refractivity contribution in [1.29, 1.82) is 0 Å². The van der Waals surface area contributed by atoms with E-state index in [0.29, 0.717) is 6.42 Å². The normalized spacial score (nSPS) is 18.9. The van der Waals surface area contributed by atoms with Crippen molar-refractivity contribution >= 4 is 11.4 Å². The first-order chi connectivity index (χ1) is 9.27. The van der Waals surface area contributed by atoms with Gasteiger partial charge in [0.15, 0.2) is 11.5 Å². The summed E-state index contributed by atoms with van der Waals surface area (Å²) in [4.78, 5) is 11.8. The van der Waals surface area contributed by atoms with Gasteiger partial charge >= 0.3 is 0 Å². The molecule has 0 radical (unpaired) electrons. The molecule has 1 aliphatic carbocycles. The monoisotopic (exact) mass is 250 g/mol. The van der Waals surface area contributed by atoms with Crippen LogP contribution in [0.4, 0.5) is 0 Å². The topological polar surface area (TPSA) is 37.3 Å². The van der Waals surface area contributed by atoms with Gasteiger partial charge in [-0.2, -0.15) is 0 Å². The fourth-order valence-corrected chi connectivity index (χ4v) is 2.62. The van der Waals surface area contributed by atoms with Gasteiger partial charge in [0.25, 0.3) is 0 Å². The molecule has 0 aliphatic heterocycles. The number of Topliss-reactive ketones (excluding diaryl/α,β-unsaturated/α-hetero) is 1. The molecule has 1 N–H and O–H groups in total. The first kappa shape index (κ1) is 11.7. The van der Waals surface area contributed by atoms with Gasteiger partial charge in [0.05, 0.1) is 0 Å². The summed E-state index contributed by atoms with van der Waals surface area (Å²) in [5.74, 6) is -0.302. The lowest BCUT2D eigenvalue weighted by atomic mass is 9.88. The van der Waals surface area contributed by atoms with E-state index in [1.54, 1.807) is 0 Å². The zero-order valence-electron chi connectivity index (χ0n) is 10.4. The third-order valence-corrected chi connectivity index (χ3v) is 3.54. The molecule has 0 unspecified atom stereocenters. The number of aliphatic hydroxyl groups excluding tert-OH is 1. The summed E-state index contributed by atoms with van der Waals surface area (Å²) in [5.41, 5.74) is 2.73. The van der Waals surface area contributed by atoms with Crippen molar-refractivity contribution in [2.24, 2.45) is 0 Å². The molecule has 0 saturated carbocycles. The number of ketones is 1. The Morgan fingerprint density at radius 2 is 1.47 bits per heavy atom. The largest absolute Gasteiger partial charge is 0.504 e. The van der Waals surface area contributed by atoms with Crippen LogP contribution in [0.15, 0.2) is 66.4 Å². The Kier molecular flexibility index (Phi) is 2.92. The summed E-state index contributed by atoms with van der Waals surface area (Å²) in [6.07, 6.45) is 0.347. The molecular formula is C17H14O2. The molecule has 2 heteroatoms. The second-order valence-corrected chi connectivity index (χ2v) is 4.72. The van der Waals surface area contributed by atoms with Crippen LogP contribution in [0.25, 0.3) is 5.57 Å². The number of carbonyl (C=O) groups excluding carboxylic acids is 1. The zero-order valence-corrected chi connectivity index (χ0v) is 10.4. The Morgan fingerprint density at radius 1 is 0.895 bits per heavy atom. The molecule has 1 aliphatic rings. The Morgan fingerprint density at radius 3 is 2.11 bits per heavy atom. The number of benzene rings is 2. The number of hydrogen-bond acceptors (Lipinski definition) is 2. The van der Waals surface area contributed by atoms with Gasteiger partial charge in [-0.1, -0.05) is 60.7 Å². The van der Waals surface area contributed by atoms with Crippen molar-refractivity contribution in [2.45, 2.75) is 12.3 Å². The molecule has 19 heavy (non-hydrogen) atoms. The van der Waals surface area contributed by atoms with Crippen molar-refractivity contribution in [3.8, 4) is 0 Å². The average molecular weight is 250 g/mol. The highest BCUT2D eigenvalue weighted by Crippen LogP contribution is 2.42. The van der Waals surface area contributed by atoms with Crippen LogP contribution >= 0.6 is 0 Å². The van der Waals surface area contributed by atoms with Crippen molar-refractivity contribution in [3.63, 3.8) is 0 Å². The van der Waals surface area contributed by atoms with Crippen LogP contribution in [0.3, 0.4) is 0 Å². The molecular weight excluding hydrogens is 236 g/mol. The molecule has 0 heterocycles. The van der Waals surface area contributed by atoms with E-state index in [1.165, 1.54) is 0 Å². The highest BCUT2D eigenvalue weighted by atomic mass is 16.3.